The molecular formula is C20H33IN4O3. The van der Waals surface area contributed by atoms with E-state index in [4.69, 9.17) is 4.74 Å². The lowest BCUT2D eigenvalue weighted by atomic mass is 9.78. The lowest BCUT2D eigenvalue weighted by Gasteiger charge is -2.40. The Balaban J connectivity index is 0.00000392. The van der Waals surface area contributed by atoms with Gasteiger partial charge in [-0.25, -0.2) is 4.99 Å². The molecular weight excluding hydrogens is 471 g/mol. The number of guanidine groups is 1. The number of hydrogen-bond acceptors (Lipinski definition) is 4. The molecule has 1 aromatic rings. The molecule has 28 heavy (non-hydrogen) atoms. The van der Waals surface area contributed by atoms with Gasteiger partial charge in [-0.05, 0) is 30.7 Å². The van der Waals surface area contributed by atoms with Crippen molar-refractivity contribution in [3.8, 4) is 0 Å². The summed E-state index contributed by atoms with van der Waals surface area (Å²) in [6.45, 7) is 11.6. The predicted molar refractivity (Wildman–Crippen MR) is 123 cm³/mol. The van der Waals surface area contributed by atoms with Crippen LogP contribution in [0.3, 0.4) is 0 Å². The van der Waals surface area contributed by atoms with Crippen molar-refractivity contribution in [2.24, 2.45) is 16.3 Å². The highest BCUT2D eigenvalue weighted by Gasteiger charge is 2.35. The van der Waals surface area contributed by atoms with Gasteiger partial charge in [-0.3, -0.25) is 10.1 Å². The quantitative estimate of drug-likeness (QED) is 0.200. The smallest absolute Gasteiger partial charge is 0.269 e. The van der Waals surface area contributed by atoms with Crippen LogP contribution in [0.5, 0.6) is 0 Å². The minimum absolute atomic E-state index is 0. The molecule has 1 heterocycles. The number of halogens is 1. The van der Waals surface area contributed by atoms with Crippen molar-refractivity contribution in [3.63, 3.8) is 0 Å². The van der Waals surface area contributed by atoms with Gasteiger partial charge < -0.3 is 15.4 Å². The van der Waals surface area contributed by atoms with Crippen molar-refractivity contribution in [3.05, 3.63) is 39.9 Å². The highest BCUT2D eigenvalue weighted by molar-refractivity contribution is 14.0. The lowest BCUT2D eigenvalue weighted by Crippen LogP contribution is -2.47. The third kappa shape index (κ3) is 7.54. The van der Waals surface area contributed by atoms with Gasteiger partial charge >= 0.3 is 0 Å². The summed E-state index contributed by atoms with van der Waals surface area (Å²) in [5, 5.41) is 17.5. The first-order valence-corrected chi connectivity index (χ1v) is 9.68. The minimum Gasteiger partial charge on any atom is -0.377 e. The molecule has 1 aliphatic rings. The van der Waals surface area contributed by atoms with Crippen molar-refractivity contribution in [2.75, 3.05) is 19.7 Å². The zero-order valence-electron chi connectivity index (χ0n) is 17.2. The molecule has 1 fully saturated rings. The molecule has 8 heteroatoms. The molecule has 1 aliphatic heterocycles. The summed E-state index contributed by atoms with van der Waals surface area (Å²) in [5.41, 5.74) is 1.14. The van der Waals surface area contributed by atoms with Crippen molar-refractivity contribution >= 4 is 35.6 Å². The fourth-order valence-corrected chi connectivity index (χ4v) is 3.47. The lowest BCUT2D eigenvalue weighted by molar-refractivity contribution is -0.384. The van der Waals surface area contributed by atoms with E-state index in [9.17, 15) is 10.1 Å². The average molecular weight is 504 g/mol. The maximum atomic E-state index is 10.7. The maximum Gasteiger partial charge on any atom is 0.269 e. The van der Waals surface area contributed by atoms with Gasteiger partial charge in [0.2, 0.25) is 0 Å². The van der Waals surface area contributed by atoms with Crippen LogP contribution in [0.1, 0.15) is 46.1 Å². The summed E-state index contributed by atoms with van der Waals surface area (Å²) in [4.78, 5) is 15.0. The number of benzene rings is 1. The fraction of sp³-hybridized carbons (Fsp3) is 0.650. The summed E-state index contributed by atoms with van der Waals surface area (Å²) < 4.78 is 6.05. The summed E-state index contributed by atoms with van der Waals surface area (Å²) >= 11 is 0. The number of hydrogen-bond donors (Lipinski definition) is 2. The van der Waals surface area contributed by atoms with E-state index in [2.05, 4.69) is 36.4 Å². The zero-order valence-corrected chi connectivity index (χ0v) is 19.6. The van der Waals surface area contributed by atoms with E-state index in [1.165, 1.54) is 12.1 Å². The van der Waals surface area contributed by atoms with Crippen LogP contribution >= 0.6 is 24.0 Å². The van der Waals surface area contributed by atoms with E-state index in [0.717, 1.165) is 44.1 Å². The van der Waals surface area contributed by atoms with E-state index in [-0.39, 0.29) is 41.2 Å². The van der Waals surface area contributed by atoms with E-state index in [1.54, 1.807) is 12.1 Å². The molecule has 0 aromatic heterocycles. The molecule has 7 nitrogen and oxygen atoms in total. The van der Waals surface area contributed by atoms with Gasteiger partial charge in [0.05, 0.1) is 17.6 Å². The first-order valence-electron chi connectivity index (χ1n) is 9.68. The van der Waals surface area contributed by atoms with E-state index in [0.29, 0.717) is 12.5 Å². The van der Waals surface area contributed by atoms with Gasteiger partial charge in [0.15, 0.2) is 5.96 Å². The largest absolute Gasteiger partial charge is 0.377 e. The molecule has 1 saturated heterocycles. The number of nitrogens with one attached hydrogen (secondary N) is 2. The van der Waals surface area contributed by atoms with E-state index < -0.39 is 4.92 Å². The molecule has 0 radical (unpaired) electrons. The van der Waals surface area contributed by atoms with Crippen LogP contribution < -0.4 is 10.6 Å². The molecule has 2 unspecified atom stereocenters. The monoisotopic (exact) mass is 504 g/mol. The molecule has 0 amide bonds. The van der Waals surface area contributed by atoms with Crippen LogP contribution in [-0.4, -0.2) is 36.7 Å². The summed E-state index contributed by atoms with van der Waals surface area (Å²) in [6, 6.07) is 6.52. The third-order valence-electron chi connectivity index (χ3n) is 4.74. The maximum absolute atomic E-state index is 10.7. The third-order valence-corrected chi connectivity index (χ3v) is 4.74. The second kappa shape index (κ2) is 11.5. The zero-order chi connectivity index (χ0) is 19.9. The van der Waals surface area contributed by atoms with E-state index >= 15 is 0 Å². The molecule has 0 bridgehead atoms. The second-order valence-corrected chi connectivity index (χ2v) is 8.06. The normalized spacial score (nSPS) is 20.2. The number of nitro benzene ring substituents is 1. The van der Waals surface area contributed by atoms with Crippen molar-refractivity contribution in [2.45, 2.75) is 53.2 Å². The summed E-state index contributed by atoms with van der Waals surface area (Å²) in [6.07, 6.45) is 2.47. The Bertz CT molecular complexity index is 644. The van der Waals surface area contributed by atoms with Crippen LogP contribution in [0.25, 0.3) is 0 Å². The van der Waals surface area contributed by atoms with Gasteiger partial charge in [-0.15, -0.1) is 24.0 Å². The molecule has 1 aromatic carbocycles. The molecule has 0 spiro atoms. The SMILES string of the molecule is CCNC(=NCc1ccc([N+](=O)[O-])cc1)NCC1CCCOC1C(C)(C)C.I. The summed E-state index contributed by atoms with van der Waals surface area (Å²) in [7, 11) is 0. The number of aliphatic imine (C=N–C) groups is 1. The highest BCUT2D eigenvalue weighted by atomic mass is 127. The van der Waals surface area contributed by atoms with Crippen LogP contribution in [0.2, 0.25) is 0 Å². The van der Waals surface area contributed by atoms with Gasteiger partial charge in [0.25, 0.3) is 5.69 Å². The van der Waals surface area contributed by atoms with E-state index in [1.807, 2.05) is 6.92 Å². The van der Waals surface area contributed by atoms with Crippen molar-refractivity contribution in [1.29, 1.82) is 0 Å². The Hall–Kier alpha value is -1.42. The number of non-ortho nitro benzene ring substituents is 1. The Morgan fingerprint density at radius 2 is 1.96 bits per heavy atom. The average Bonchev–Trinajstić information content (AvgIpc) is 2.64. The Morgan fingerprint density at radius 1 is 1.29 bits per heavy atom. The number of nitro groups is 1. The van der Waals surface area contributed by atoms with Crippen LogP contribution in [0.15, 0.2) is 29.3 Å². The number of nitrogens with zero attached hydrogens (tertiary/aromatic N) is 2. The Morgan fingerprint density at radius 3 is 2.54 bits per heavy atom. The summed E-state index contributed by atoms with van der Waals surface area (Å²) in [5.74, 6) is 1.20. The first kappa shape index (κ1) is 24.6. The second-order valence-electron chi connectivity index (χ2n) is 8.06. The van der Waals surface area contributed by atoms with Crippen LogP contribution in [0.4, 0.5) is 5.69 Å². The van der Waals surface area contributed by atoms with Gasteiger partial charge in [-0.2, -0.15) is 0 Å². The van der Waals surface area contributed by atoms with Crippen LogP contribution in [-0.2, 0) is 11.3 Å². The number of rotatable bonds is 6. The highest BCUT2D eigenvalue weighted by Crippen LogP contribution is 2.33. The van der Waals surface area contributed by atoms with Crippen LogP contribution in [0, 0.1) is 21.4 Å². The van der Waals surface area contributed by atoms with Gasteiger partial charge in [-0.1, -0.05) is 32.9 Å². The van der Waals surface area contributed by atoms with Gasteiger partial charge in [0.1, 0.15) is 0 Å². The van der Waals surface area contributed by atoms with Crippen molar-refractivity contribution in [1.82, 2.24) is 10.6 Å². The molecule has 0 saturated carbocycles. The Labute approximate surface area is 184 Å². The topological polar surface area (TPSA) is 88.8 Å². The predicted octanol–water partition coefficient (Wildman–Crippen LogP) is 4.11. The standard InChI is InChI=1S/C20H32N4O3.HI/c1-5-21-19(22-13-15-8-10-17(11-9-15)24(25)26)23-14-16-7-6-12-27-18(16)20(2,3)4;/h8-11,16,18H,5-7,12-14H2,1-4H3,(H2,21,22,23);1H. The minimum atomic E-state index is -0.392. The molecule has 2 atom stereocenters. The number of ether oxygens (including phenoxy) is 1. The fourth-order valence-electron chi connectivity index (χ4n) is 3.47. The Kier molecular flexibility index (Phi) is 10.2. The molecule has 158 valence electrons. The van der Waals surface area contributed by atoms with Crippen molar-refractivity contribution < 1.29 is 9.66 Å². The molecule has 2 rings (SSSR count). The molecule has 0 aliphatic carbocycles. The molecule has 2 N–H and O–H groups in total. The van der Waals surface area contributed by atoms with Gasteiger partial charge in [0, 0.05) is 37.7 Å². The first-order chi connectivity index (χ1) is 12.8.